The average Bonchev–Trinajstić information content (AvgIpc) is 2.99. The number of amides is 2. The molecule has 3 rings (SSSR count). The fourth-order valence-corrected chi connectivity index (χ4v) is 3.17. The molecule has 1 unspecified atom stereocenters. The van der Waals surface area contributed by atoms with Crippen molar-refractivity contribution in [3.8, 4) is 5.75 Å². The molecule has 2 N–H and O–H groups in total. The first-order chi connectivity index (χ1) is 12.0. The second kappa shape index (κ2) is 6.97. The van der Waals surface area contributed by atoms with E-state index in [9.17, 15) is 14.7 Å². The summed E-state index contributed by atoms with van der Waals surface area (Å²) >= 11 is 0. The van der Waals surface area contributed by atoms with Crippen LogP contribution in [0.5, 0.6) is 5.75 Å². The van der Waals surface area contributed by atoms with Crippen LogP contribution in [-0.2, 0) is 16.0 Å². The summed E-state index contributed by atoms with van der Waals surface area (Å²) in [6.07, 6.45) is 1.00. The molecule has 1 aliphatic rings. The summed E-state index contributed by atoms with van der Waals surface area (Å²) in [7, 11) is 0. The first-order valence-corrected chi connectivity index (χ1v) is 8.48. The topological polar surface area (TPSA) is 69.6 Å². The number of anilines is 2. The van der Waals surface area contributed by atoms with E-state index in [0.29, 0.717) is 12.2 Å². The maximum Gasteiger partial charge on any atom is 0.229 e. The SMILES string of the molecule is CCc1ccccc1N1CC(C(=O)Nc2ccc(C)cc2O)CC1=O. The van der Waals surface area contributed by atoms with Crippen LogP contribution in [0.2, 0.25) is 0 Å². The fourth-order valence-electron chi connectivity index (χ4n) is 3.17. The highest BCUT2D eigenvalue weighted by Gasteiger charge is 2.36. The number of rotatable bonds is 4. The summed E-state index contributed by atoms with van der Waals surface area (Å²) in [6.45, 7) is 4.27. The predicted octanol–water partition coefficient (Wildman–Crippen LogP) is 3.25. The summed E-state index contributed by atoms with van der Waals surface area (Å²) in [5.41, 5.74) is 3.25. The van der Waals surface area contributed by atoms with Gasteiger partial charge in [0.25, 0.3) is 0 Å². The van der Waals surface area contributed by atoms with Crippen molar-refractivity contribution < 1.29 is 14.7 Å². The van der Waals surface area contributed by atoms with Crippen LogP contribution in [0.3, 0.4) is 0 Å². The van der Waals surface area contributed by atoms with Crippen molar-refractivity contribution in [3.05, 3.63) is 53.6 Å². The predicted molar refractivity (Wildman–Crippen MR) is 97.8 cm³/mol. The Labute approximate surface area is 147 Å². The number of hydrogen-bond donors (Lipinski definition) is 2. The minimum atomic E-state index is -0.432. The summed E-state index contributed by atoms with van der Waals surface area (Å²) < 4.78 is 0. The lowest BCUT2D eigenvalue weighted by Crippen LogP contribution is -2.28. The van der Waals surface area contributed by atoms with Crippen LogP contribution in [0.1, 0.15) is 24.5 Å². The van der Waals surface area contributed by atoms with Gasteiger partial charge in [-0.25, -0.2) is 0 Å². The van der Waals surface area contributed by atoms with Gasteiger partial charge in [0.2, 0.25) is 11.8 Å². The monoisotopic (exact) mass is 338 g/mol. The zero-order chi connectivity index (χ0) is 18.0. The Balaban J connectivity index is 1.74. The van der Waals surface area contributed by atoms with Crippen LogP contribution < -0.4 is 10.2 Å². The molecule has 2 aromatic carbocycles. The molecule has 1 heterocycles. The van der Waals surface area contributed by atoms with E-state index in [0.717, 1.165) is 23.2 Å². The molecule has 5 nitrogen and oxygen atoms in total. The summed E-state index contributed by atoms with van der Waals surface area (Å²) in [4.78, 5) is 26.6. The highest BCUT2D eigenvalue weighted by Crippen LogP contribution is 2.30. The van der Waals surface area contributed by atoms with Crippen molar-refractivity contribution in [3.63, 3.8) is 0 Å². The van der Waals surface area contributed by atoms with E-state index in [1.807, 2.05) is 44.2 Å². The molecule has 1 atom stereocenters. The number of carbonyl (C=O) groups excluding carboxylic acids is 2. The van der Waals surface area contributed by atoms with Crippen LogP contribution in [0.25, 0.3) is 0 Å². The first kappa shape index (κ1) is 17.0. The minimum Gasteiger partial charge on any atom is -0.506 e. The Morgan fingerprint density at radius 2 is 2.04 bits per heavy atom. The lowest BCUT2D eigenvalue weighted by atomic mass is 10.1. The number of benzene rings is 2. The number of aromatic hydroxyl groups is 1. The van der Waals surface area contributed by atoms with Gasteiger partial charge in [0.15, 0.2) is 0 Å². The molecule has 2 amide bonds. The molecule has 5 heteroatoms. The Bertz CT molecular complexity index is 816. The lowest BCUT2D eigenvalue weighted by Gasteiger charge is -2.20. The normalized spacial score (nSPS) is 17.0. The summed E-state index contributed by atoms with van der Waals surface area (Å²) in [5.74, 6) is -0.692. The second-order valence-electron chi connectivity index (χ2n) is 6.40. The molecule has 0 saturated carbocycles. The van der Waals surface area contributed by atoms with E-state index >= 15 is 0 Å². The third-order valence-corrected chi connectivity index (χ3v) is 4.57. The van der Waals surface area contributed by atoms with Gasteiger partial charge in [0, 0.05) is 18.7 Å². The Morgan fingerprint density at radius 1 is 1.28 bits per heavy atom. The number of phenols is 1. The van der Waals surface area contributed by atoms with Gasteiger partial charge in [0.1, 0.15) is 5.75 Å². The van der Waals surface area contributed by atoms with Crippen molar-refractivity contribution in [2.45, 2.75) is 26.7 Å². The van der Waals surface area contributed by atoms with Gasteiger partial charge < -0.3 is 15.3 Å². The third-order valence-electron chi connectivity index (χ3n) is 4.57. The third kappa shape index (κ3) is 3.50. The highest BCUT2D eigenvalue weighted by molar-refractivity contribution is 6.04. The number of nitrogens with one attached hydrogen (secondary N) is 1. The first-order valence-electron chi connectivity index (χ1n) is 8.48. The number of nitrogens with zero attached hydrogens (tertiary/aromatic N) is 1. The van der Waals surface area contributed by atoms with E-state index < -0.39 is 5.92 Å². The van der Waals surface area contributed by atoms with Crippen LogP contribution in [0, 0.1) is 12.8 Å². The van der Waals surface area contributed by atoms with Gasteiger partial charge in [-0.3, -0.25) is 9.59 Å². The number of carbonyl (C=O) groups is 2. The van der Waals surface area contributed by atoms with E-state index in [1.165, 1.54) is 0 Å². The maximum absolute atomic E-state index is 12.5. The zero-order valence-electron chi connectivity index (χ0n) is 14.5. The number of phenolic OH excluding ortho intramolecular Hbond substituents is 1. The second-order valence-corrected chi connectivity index (χ2v) is 6.40. The largest absolute Gasteiger partial charge is 0.506 e. The summed E-state index contributed by atoms with van der Waals surface area (Å²) in [5, 5.41) is 12.7. The van der Waals surface area contributed by atoms with E-state index in [2.05, 4.69) is 5.32 Å². The molecule has 0 aromatic heterocycles. The van der Waals surface area contributed by atoms with Gasteiger partial charge in [-0.15, -0.1) is 0 Å². The van der Waals surface area contributed by atoms with Crippen molar-refractivity contribution in [2.24, 2.45) is 5.92 Å². The quantitative estimate of drug-likeness (QED) is 0.841. The van der Waals surface area contributed by atoms with Crippen LogP contribution in [-0.4, -0.2) is 23.5 Å². The molecule has 1 aliphatic heterocycles. The van der Waals surface area contributed by atoms with Crippen molar-refractivity contribution in [1.82, 2.24) is 0 Å². The van der Waals surface area contributed by atoms with Gasteiger partial charge in [0.05, 0.1) is 11.6 Å². The standard InChI is InChI=1S/C20H22N2O3/c1-3-14-6-4-5-7-17(14)22-12-15(11-19(22)24)20(25)21-16-9-8-13(2)10-18(16)23/h4-10,15,23H,3,11-12H2,1-2H3,(H,21,25). The molecule has 1 fully saturated rings. The molecule has 0 spiro atoms. The highest BCUT2D eigenvalue weighted by atomic mass is 16.3. The molecule has 2 aromatic rings. The fraction of sp³-hybridized carbons (Fsp3) is 0.300. The molecular weight excluding hydrogens is 316 g/mol. The average molecular weight is 338 g/mol. The van der Waals surface area contributed by atoms with Gasteiger partial charge in [-0.1, -0.05) is 31.2 Å². The van der Waals surface area contributed by atoms with E-state index in [-0.39, 0.29) is 24.0 Å². The van der Waals surface area contributed by atoms with E-state index in [4.69, 9.17) is 0 Å². The molecule has 0 bridgehead atoms. The minimum absolute atomic E-state index is 0.0332. The number of para-hydroxylation sites is 1. The lowest BCUT2D eigenvalue weighted by molar-refractivity contribution is -0.122. The zero-order valence-corrected chi connectivity index (χ0v) is 14.5. The van der Waals surface area contributed by atoms with Crippen LogP contribution in [0.15, 0.2) is 42.5 Å². The van der Waals surface area contributed by atoms with Gasteiger partial charge in [-0.2, -0.15) is 0 Å². The van der Waals surface area contributed by atoms with E-state index in [1.54, 1.807) is 17.0 Å². The number of hydrogen-bond acceptors (Lipinski definition) is 3. The van der Waals surface area contributed by atoms with Crippen molar-refractivity contribution >= 4 is 23.2 Å². The molecule has 25 heavy (non-hydrogen) atoms. The van der Waals surface area contributed by atoms with Crippen molar-refractivity contribution in [2.75, 3.05) is 16.8 Å². The molecule has 130 valence electrons. The van der Waals surface area contributed by atoms with Crippen LogP contribution in [0.4, 0.5) is 11.4 Å². The van der Waals surface area contributed by atoms with Crippen molar-refractivity contribution in [1.29, 1.82) is 0 Å². The molecule has 1 saturated heterocycles. The van der Waals surface area contributed by atoms with Gasteiger partial charge >= 0.3 is 0 Å². The number of aryl methyl sites for hydroxylation is 2. The Kier molecular flexibility index (Phi) is 4.74. The smallest absolute Gasteiger partial charge is 0.229 e. The molecule has 0 aliphatic carbocycles. The van der Waals surface area contributed by atoms with Gasteiger partial charge in [-0.05, 0) is 42.7 Å². The molecular formula is C20H22N2O3. The Morgan fingerprint density at radius 3 is 2.76 bits per heavy atom. The summed E-state index contributed by atoms with van der Waals surface area (Å²) in [6, 6.07) is 12.9. The van der Waals surface area contributed by atoms with Crippen LogP contribution >= 0.6 is 0 Å². The Hall–Kier alpha value is -2.82. The molecule has 0 radical (unpaired) electrons. The maximum atomic E-state index is 12.5.